The first-order valence-corrected chi connectivity index (χ1v) is 4.02. The quantitative estimate of drug-likeness (QED) is 0.415. The molecule has 0 aliphatic heterocycles. The van der Waals surface area contributed by atoms with Gasteiger partial charge in [-0.2, -0.15) is 0 Å². The Kier molecular flexibility index (Phi) is 3.24. The lowest BCUT2D eigenvalue weighted by Crippen LogP contribution is -2.10. The number of ether oxygens (including phenoxy) is 1. The monoisotopic (exact) mass is 197 g/mol. The normalized spacial score (nSPS) is 9.79. The van der Waals surface area contributed by atoms with Gasteiger partial charge < -0.3 is 16.2 Å². The Labute approximate surface area is 80.6 Å². The number of nitrogens with zero attached hydrogens (tertiary/aromatic N) is 1. The molecule has 0 atom stereocenters. The van der Waals surface area contributed by atoms with Gasteiger partial charge in [0.1, 0.15) is 18.0 Å². The summed E-state index contributed by atoms with van der Waals surface area (Å²) < 4.78 is 5.12. The van der Waals surface area contributed by atoms with E-state index in [1.165, 1.54) is 12.1 Å². The molecule has 0 aliphatic rings. The van der Waals surface area contributed by atoms with Crippen molar-refractivity contribution in [1.29, 1.82) is 0 Å². The Morgan fingerprint density at radius 3 is 2.79 bits per heavy atom. The summed E-state index contributed by atoms with van der Waals surface area (Å²) in [6, 6.07) is 4.28. The van der Waals surface area contributed by atoms with Crippen molar-refractivity contribution in [3.8, 4) is 5.75 Å². The summed E-state index contributed by atoms with van der Waals surface area (Å²) in [6.45, 7) is 0.680. The van der Waals surface area contributed by atoms with Crippen LogP contribution >= 0.6 is 0 Å². The highest BCUT2D eigenvalue weighted by Crippen LogP contribution is 2.26. The molecule has 6 heteroatoms. The SMILES string of the molecule is NCCOc1ccc(N)c([N+](=O)[O-])c1. The number of hydrogen-bond acceptors (Lipinski definition) is 5. The Morgan fingerprint density at radius 1 is 1.50 bits per heavy atom. The maximum atomic E-state index is 10.5. The topological polar surface area (TPSA) is 104 Å². The van der Waals surface area contributed by atoms with Crippen molar-refractivity contribution in [3.63, 3.8) is 0 Å². The van der Waals surface area contributed by atoms with Gasteiger partial charge in [0.15, 0.2) is 0 Å². The van der Waals surface area contributed by atoms with E-state index >= 15 is 0 Å². The van der Waals surface area contributed by atoms with Crippen molar-refractivity contribution in [2.75, 3.05) is 18.9 Å². The van der Waals surface area contributed by atoms with Crippen molar-refractivity contribution < 1.29 is 9.66 Å². The van der Waals surface area contributed by atoms with Gasteiger partial charge in [-0.15, -0.1) is 0 Å². The van der Waals surface area contributed by atoms with Gasteiger partial charge >= 0.3 is 0 Å². The van der Waals surface area contributed by atoms with Crippen molar-refractivity contribution in [1.82, 2.24) is 0 Å². The zero-order valence-corrected chi connectivity index (χ0v) is 7.47. The van der Waals surface area contributed by atoms with Gasteiger partial charge in [-0.25, -0.2) is 0 Å². The zero-order valence-electron chi connectivity index (χ0n) is 7.47. The van der Waals surface area contributed by atoms with Crippen molar-refractivity contribution in [3.05, 3.63) is 28.3 Å². The second-order valence-corrected chi connectivity index (χ2v) is 2.61. The Balaban J connectivity index is 2.89. The summed E-state index contributed by atoms with van der Waals surface area (Å²) >= 11 is 0. The molecule has 0 spiro atoms. The lowest BCUT2D eigenvalue weighted by Gasteiger charge is -2.04. The van der Waals surface area contributed by atoms with Crippen LogP contribution in [0.3, 0.4) is 0 Å². The van der Waals surface area contributed by atoms with E-state index in [-0.39, 0.29) is 11.4 Å². The van der Waals surface area contributed by atoms with Gasteiger partial charge in [-0.3, -0.25) is 10.1 Å². The molecule has 1 aromatic carbocycles. The average molecular weight is 197 g/mol. The van der Waals surface area contributed by atoms with Crippen LogP contribution in [-0.2, 0) is 0 Å². The Hall–Kier alpha value is -1.82. The molecule has 0 unspecified atom stereocenters. The smallest absolute Gasteiger partial charge is 0.295 e. The number of benzene rings is 1. The number of nitrogens with two attached hydrogens (primary N) is 2. The second-order valence-electron chi connectivity index (χ2n) is 2.61. The molecule has 1 rings (SSSR count). The molecule has 1 aromatic rings. The first kappa shape index (κ1) is 10.3. The fourth-order valence-corrected chi connectivity index (χ4v) is 0.948. The highest BCUT2D eigenvalue weighted by Gasteiger charge is 2.11. The molecule has 0 radical (unpaired) electrons. The third-order valence-corrected chi connectivity index (χ3v) is 1.59. The third kappa shape index (κ3) is 2.33. The lowest BCUT2D eigenvalue weighted by molar-refractivity contribution is -0.384. The molecule has 4 N–H and O–H groups in total. The van der Waals surface area contributed by atoms with Crippen LogP contribution in [0.25, 0.3) is 0 Å². The van der Waals surface area contributed by atoms with E-state index in [0.29, 0.717) is 18.9 Å². The summed E-state index contributed by atoms with van der Waals surface area (Å²) in [5.41, 5.74) is 10.6. The molecule has 6 nitrogen and oxygen atoms in total. The molecule has 0 amide bonds. The van der Waals surface area contributed by atoms with Gasteiger partial charge in [0, 0.05) is 6.54 Å². The summed E-state index contributed by atoms with van der Waals surface area (Å²) in [6.07, 6.45) is 0. The number of anilines is 1. The Morgan fingerprint density at radius 2 is 2.21 bits per heavy atom. The van der Waals surface area contributed by atoms with E-state index in [2.05, 4.69) is 0 Å². The molecule has 0 fully saturated rings. The molecule has 0 bridgehead atoms. The maximum absolute atomic E-state index is 10.5. The largest absolute Gasteiger partial charge is 0.492 e. The van der Waals surface area contributed by atoms with E-state index in [4.69, 9.17) is 16.2 Å². The van der Waals surface area contributed by atoms with Crippen LogP contribution in [0.2, 0.25) is 0 Å². The molecular formula is C8H11N3O3. The molecule has 0 aliphatic carbocycles. The minimum atomic E-state index is -0.551. The number of nitro groups is 1. The van der Waals surface area contributed by atoms with Gasteiger partial charge in [0.2, 0.25) is 0 Å². The fourth-order valence-electron chi connectivity index (χ4n) is 0.948. The lowest BCUT2D eigenvalue weighted by atomic mass is 10.2. The molecule has 0 saturated heterocycles. The number of nitro benzene ring substituents is 1. The third-order valence-electron chi connectivity index (χ3n) is 1.59. The van der Waals surface area contributed by atoms with Crippen molar-refractivity contribution in [2.45, 2.75) is 0 Å². The van der Waals surface area contributed by atoms with Crippen LogP contribution in [-0.4, -0.2) is 18.1 Å². The van der Waals surface area contributed by atoms with E-state index in [0.717, 1.165) is 0 Å². The summed E-state index contributed by atoms with van der Waals surface area (Å²) in [7, 11) is 0. The minimum Gasteiger partial charge on any atom is -0.492 e. The van der Waals surface area contributed by atoms with E-state index in [9.17, 15) is 10.1 Å². The van der Waals surface area contributed by atoms with Gasteiger partial charge in [-0.05, 0) is 12.1 Å². The predicted octanol–water partition coefficient (Wildman–Crippen LogP) is 0.515. The van der Waals surface area contributed by atoms with Crippen molar-refractivity contribution >= 4 is 11.4 Å². The first-order chi connectivity index (χ1) is 6.65. The first-order valence-electron chi connectivity index (χ1n) is 4.02. The van der Waals surface area contributed by atoms with Crippen LogP contribution in [0.5, 0.6) is 5.75 Å². The highest BCUT2D eigenvalue weighted by molar-refractivity contribution is 5.60. The average Bonchev–Trinajstić information content (AvgIpc) is 2.16. The summed E-state index contributed by atoms with van der Waals surface area (Å²) in [5, 5.41) is 10.5. The second kappa shape index (κ2) is 4.43. The fraction of sp³-hybridized carbons (Fsp3) is 0.250. The minimum absolute atomic E-state index is 0.120. The highest BCUT2D eigenvalue weighted by atomic mass is 16.6. The standard InChI is InChI=1S/C8H11N3O3/c9-3-4-14-6-1-2-7(10)8(5-6)11(12)13/h1-2,5H,3-4,9-10H2. The number of nitrogen functional groups attached to an aromatic ring is 1. The van der Waals surface area contributed by atoms with Gasteiger partial charge in [-0.1, -0.05) is 0 Å². The van der Waals surface area contributed by atoms with Gasteiger partial charge in [0.05, 0.1) is 11.0 Å². The zero-order chi connectivity index (χ0) is 10.6. The van der Waals surface area contributed by atoms with Crippen molar-refractivity contribution in [2.24, 2.45) is 5.73 Å². The maximum Gasteiger partial charge on any atom is 0.295 e. The Bertz CT molecular complexity index is 341. The molecule has 0 aromatic heterocycles. The van der Waals surface area contributed by atoms with E-state index < -0.39 is 4.92 Å². The van der Waals surface area contributed by atoms with Crippen LogP contribution in [0, 0.1) is 10.1 Å². The van der Waals surface area contributed by atoms with Crippen LogP contribution in [0.1, 0.15) is 0 Å². The molecule has 14 heavy (non-hydrogen) atoms. The summed E-state index contributed by atoms with van der Waals surface area (Å²) in [4.78, 5) is 9.94. The van der Waals surface area contributed by atoms with Crippen LogP contribution < -0.4 is 16.2 Å². The molecule has 0 heterocycles. The molecular weight excluding hydrogens is 186 g/mol. The van der Waals surface area contributed by atoms with Gasteiger partial charge in [0.25, 0.3) is 5.69 Å². The molecule has 0 saturated carbocycles. The number of rotatable bonds is 4. The number of hydrogen-bond donors (Lipinski definition) is 2. The summed E-state index contributed by atoms with van der Waals surface area (Å²) in [5.74, 6) is 0.399. The van der Waals surface area contributed by atoms with E-state index in [1.54, 1.807) is 6.07 Å². The molecule has 76 valence electrons. The van der Waals surface area contributed by atoms with E-state index in [1.807, 2.05) is 0 Å². The van der Waals surface area contributed by atoms with Crippen LogP contribution in [0.15, 0.2) is 18.2 Å². The van der Waals surface area contributed by atoms with Crippen LogP contribution in [0.4, 0.5) is 11.4 Å². The predicted molar refractivity (Wildman–Crippen MR) is 52.1 cm³/mol.